The van der Waals surface area contributed by atoms with Crippen LogP contribution in [-0.2, 0) is 37.0 Å². The lowest BCUT2D eigenvalue weighted by Gasteiger charge is -2.23. The van der Waals surface area contributed by atoms with Gasteiger partial charge in [-0.25, -0.2) is 0 Å². The Hall–Kier alpha value is -4.45. The van der Waals surface area contributed by atoms with Gasteiger partial charge in [0.25, 0.3) is 0 Å². The van der Waals surface area contributed by atoms with Gasteiger partial charge in [0.1, 0.15) is 0 Å². The molecule has 0 spiro atoms. The Balaban J connectivity index is 0.000000119. The fourth-order valence-corrected chi connectivity index (χ4v) is 16.6. The predicted octanol–water partition coefficient (Wildman–Crippen LogP) is 17.9. The molecule has 68 heavy (non-hydrogen) atoms. The van der Waals surface area contributed by atoms with E-state index in [-0.39, 0.29) is 5.41 Å². The van der Waals surface area contributed by atoms with Crippen molar-refractivity contribution in [2.45, 2.75) is 117 Å². The van der Waals surface area contributed by atoms with Gasteiger partial charge >= 0.3 is 0 Å². The van der Waals surface area contributed by atoms with Crippen molar-refractivity contribution in [3.8, 4) is 33.4 Å². The van der Waals surface area contributed by atoms with Gasteiger partial charge in [0, 0.05) is 107 Å². The number of aromatic nitrogens is 3. The van der Waals surface area contributed by atoms with Gasteiger partial charge in [-0.2, -0.15) is 0 Å². The van der Waals surface area contributed by atoms with Crippen molar-refractivity contribution in [1.82, 2.24) is 13.4 Å². The predicted molar refractivity (Wildman–Crippen MR) is 310 cm³/mol. The van der Waals surface area contributed by atoms with E-state index in [1.54, 1.807) is 0 Å². The molecule has 0 saturated heterocycles. The Bertz CT molecular complexity index is 3450. The molecule has 3 aromatic heterocycles. The zero-order valence-electron chi connectivity index (χ0n) is 42.3. The number of hydrogen-bond acceptors (Lipinski definition) is 0. The maximum absolute atomic E-state index is 3.65. The smallest absolute Gasteiger partial charge is 0.153 e. The molecule has 12 rings (SSSR count). The van der Waals surface area contributed by atoms with Gasteiger partial charge in [-0.15, -0.1) is 0 Å². The highest BCUT2D eigenvalue weighted by molar-refractivity contribution is 9.10. The Labute approximate surface area is 425 Å². The largest absolute Gasteiger partial charge is 0.371 e. The highest BCUT2D eigenvalue weighted by Gasteiger charge is 2.33. The normalized spacial score (nSPS) is 13.7. The lowest BCUT2D eigenvalue weighted by atomic mass is 9.86. The summed E-state index contributed by atoms with van der Waals surface area (Å²) in [6.07, 6.45) is 5.61. The van der Waals surface area contributed by atoms with E-state index in [1.165, 1.54) is 118 Å². The Morgan fingerprint density at radius 3 is 1.24 bits per heavy atom. The van der Waals surface area contributed by atoms with Crippen molar-refractivity contribution in [1.29, 1.82) is 0 Å². The Morgan fingerprint density at radius 2 is 0.809 bits per heavy atom. The molecule has 0 amide bonds. The molecule has 0 aliphatic heterocycles. The molecule has 0 unspecified atom stereocenters. The van der Waals surface area contributed by atoms with E-state index < -0.39 is 24.4 Å². The maximum Gasteiger partial charge on any atom is 0.153 e. The fraction of sp³-hybridized carbons (Fsp3) is 0.300. The van der Waals surface area contributed by atoms with Gasteiger partial charge in [-0.3, -0.25) is 0 Å². The van der Waals surface area contributed by atoms with Crippen molar-refractivity contribution in [2.24, 2.45) is 0 Å². The summed E-state index contributed by atoms with van der Waals surface area (Å²) >= 11 is 7.29. The van der Waals surface area contributed by atoms with Crippen molar-refractivity contribution < 1.29 is 0 Å². The van der Waals surface area contributed by atoms with E-state index in [0.717, 1.165) is 28.2 Å². The van der Waals surface area contributed by atoms with Crippen LogP contribution in [-0.4, -0.2) is 37.8 Å². The summed E-state index contributed by atoms with van der Waals surface area (Å²) < 4.78 is 10.2. The lowest BCUT2D eigenvalue weighted by molar-refractivity contribution is 0.591. The van der Waals surface area contributed by atoms with Gasteiger partial charge in [0.15, 0.2) is 8.24 Å². The van der Waals surface area contributed by atoms with E-state index in [1.807, 2.05) is 0 Å². The van der Waals surface area contributed by atoms with Crippen LogP contribution in [0.1, 0.15) is 60.1 Å². The van der Waals surface area contributed by atoms with Crippen molar-refractivity contribution in [2.75, 3.05) is 0 Å². The molecule has 3 nitrogen and oxygen atoms in total. The number of halogens is 2. The Morgan fingerprint density at radius 1 is 0.441 bits per heavy atom. The second-order valence-corrected chi connectivity index (χ2v) is 41.6. The first-order valence-corrected chi connectivity index (χ1v) is 37.0. The Kier molecular flexibility index (Phi) is 11.9. The van der Waals surface area contributed by atoms with Gasteiger partial charge in [0.05, 0.1) is 16.1 Å². The summed E-state index contributed by atoms with van der Waals surface area (Å²) in [7, 11) is -3.86. The minimum Gasteiger partial charge on any atom is -0.371 e. The molecular formula is C60H67Br2N3Si3. The minimum atomic E-state index is -1.46. The van der Waals surface area contributed by atoms with Crippen LogP contribution in [0.3, 0.4) is 0 Å². The number of fused-ring (bicyclic) bond motifs is 15. The van der Waals surface area contributed by atoms with E-state index >= 15 is 0 Å². The lowest BCUT2D eigenvalue weighted by Crippen LogP contribution is -2.33. The van der Waals surface area contributed by atoms with Gasteiger partial charge < -0.3 is 13.4 Å². The van der Waals surface area contributed by atoms with Crippen molar-refractivity contribution in [3.63, 3.8) is 0 Å². The van der Waals surface area contributed by atoms with E-state index in [0.29, 0.717) is 0 Å². The average molecular weight is 1070 g/mol. The molecule has 0 atom stereocenters. The van der Waals surface area contributed by atoms with E-state index in [2.05, 4.69) is 252 Å². The zero-order valence-corrected chi connectivity index (χ0v) is 48.4. The highest BCUT2D eigenvalue weighted by Crippen LogP contribution is 2.48. The molecular weight excluding hydrogens is 1010 g/mol. The van der Waals surface area contributed by atoms with Crippen LogP contribution in [0.2, 0.25) is 58.9 Å². The molecule has 9 aromatic rings. The van der Waals surface area contributed by atoms with Gasteiger partial charge in [-0.05, 0) is 92.9 Å². The molecule has 0 radical (unpaired) electrons. The SMILES string of the molecule is CC(C)(C)c1ccc2c(c1)c1c(n2C[Si](C)(C)C)Cc2ccccc2-1.C[Si](C)(C)Cn1c2c(c3cc(Br)ccc31)-c1ccccc1C2.C[Si](C)(C)n1c2c(c3cc(Br)ccc31)-c1ccccc1C2. The molecule has 3 aliphatic carbocycles. The van der Waals surface area contributed by atoms with Crippen LogP contribution in [0.5, 0.6) is 0 Å². The van der Waals surface area contributed by atoms with Crippen LogP contribution >= 0.6 is 31.9 Å². The third-order valence-corrected chi connectivity index (χ3v) is 19.4. The third-order valence-electron chi connectivity index (χ3n) is 14.1. The molecule has 0 bridgehead atoms. The van der Waals surface area contributed by atoms with Crippen LogP contribution in [0.25, 0.3) is 66.1 Å². The summed E-state index contributed by atoms with van der Waals surface area (Å²) in [5.41, 5.74) is 23.5. The quantitative estimate of drug-likeness (QED) is 0.153. The van der Waals surface area contributed by atoms with Crippen LogP contribution in [0.15, 0.2) is 136 Å². The standard InChI is InChI=1S/C23H29NSi.C19H20BrNSi.C18H18BrNSi/c1-23(2,3)17-11-12-20-19(14-17)22-18-10-8-7-9-16(18)13-21(22)24(20)15-25(4,5)6;1-22(2,3)12-21-17-9-8-14(20)11-16(17)19-15-7-5-4-6-13(15)10-18(19)21;1-21(2,3)20-16-9-8-13(19)11-15(16)18-14-7-5-4-6-12(14)10-17(18)20/h7-12,14H,13,15H2,1-6H3;4-9,11H,10,12H2,1-3H3;4-9,11H,10H2,1-3H3. The molecule has 3 aliphatic rings. The van der Waals surface area contributed by atoms with Crippen LogP contribution in [0, 0.1) is 0 Å². The molecule has 0 fully saturated rings. The molecule has 6 aromatic carbocycles. The molecule has 8 heteroatoms. The van der Waals surface area contributed by atoms with Crippen molar-refractivity contribution in [3.05, 3.63) is 176 Å². The zero-order chi connectivity index (χ0) is 48.2. The topological polar surface area (TPSA) is 14.8 Å². The van der Waals surface area contributed by atoms with E-state index in [9.17, 15) is 0 Å². The van der Waals surface area contributed by atoms with Crippen LogP contribution < -0.4 is 0 Å². The maximum atomic E-state index is 3.65. The molecule has 0 saturated carbocycles. The number of hydrogen-bond donors (Lipinski definition) is 0. The number of nitrogens with zero attached hydrogens (tertiary/aromatic N) is 3. The summed E-state index contributed by atoms with van der Waals surface area (Å²) in [6.45, 7) is 29.0. The summed E-state index contributed by atoms with van der Waals surface area (Å²) in [5.74, 6) is 0. The summed E-state index contributed by atoms with van der Waals surface area (Å²) in [5, 5.41) is 4.24. The number of rotatable bonds is 5. The van der Waals surface area contributed by atoms with Gasteiger partial charge in [0.2, 0.25) is 0 Å². The van der Waals surface area contributed by atoms with E-state index in [4.69, 9.17) is 0 Å². The summed E-state index contributed by atoms with van der Waals surface area (Å²) in [4.78, 5) is 0. The molecule has 3 heterocycles. The third kappa shape index (κ3) is 8.65. The molecule has 348 valence electrons. The highest BCUT2D eigenvalue weighted by atomic mass is 79.9. The first kappa shape index (κ1) is 47.2. The second-order valence-electron chi connectivity index (χ2n) is 24.1. The van der Waals surface area contributed by atoms with Crippen LogP contribution in [0.4, 0.5) is 0 Å². The minimum absolute atomic E-state index is 0.181. The average Bonchev–Trinajstić information content (AvgIpc) is 4.09. The molecule has 0 N–H and O–H groups in total. The monoisotopic (exact) mass is 1070 g/mol. The van der Waals surface area contributed by atoms with Gasteiger partial charge in [-0.1, -0.05) is 190 Å². The summed E-state index contributed by atoms with van der Waals surface area (Å²) in [6, 6.07) is 47.3. The second kappa shape index (κ2) is 17.1. The number of benzene rings is 6. The first-order valence-electron chi connectivity index (χ1n) is 24.6. The fourth-order valence-electron chi connectivity index (χ4n) is 11.4. The van der Waals surface area contributed by atoms with Crippen molar-refractivity contribution >= 4 is 89.0 Å². The first-order chi connectivity index (χ1) is 32.1.